The highest BCUT2D eigenvalue weighted by atomic mass is 16.5. The first-order valence-electron chi connectivity index (χ1n) is 14.2. The summed E-state index contributed by atoms with van der Waals surface area (Å²) in [7, 11) is 0. The fraction of sp³-hybridized carbons (Fsp3) is 0.581. The van der Waals surface area contributed by atoms with E-state index in [1.165, 1.54) is 4.90 Å². The molecule has 0 saturated carbocycles. The molecule has 0 aliphatic carbocycles. The summed E-state index contributed by atoms with van der Waals surface area (Å²) < 4.78 is 12.3. The molecule has 40 heavy (non-hydrogen) atoms. The highest BCUT2D eigenvalue weighted by Crippen LogP contribution is 2.64. The Morgan fingerprint density at radius 2 is 1.80 bits per heavy atom. The zero-order valence-corrected chi connectivity index (χ0v) is 24.3. The Bertz CT molecular complexity index is 1150. The predicted octanol–water partition coefficient (Wildman–Crippen LogP) is 3.17. The molecule has 1 aromatic carbocycles. The number of carbonyl (C=O) groups excluding carboxylic acids is 3. The topological polar surface area (TPSA) is 99.6 Å². The van der Waals surface area contributed by atoms with Gasteiger partial charge in [-0.3, -0.25) is 14.4 Å². The lowest BCUT2D eigenvalue weighted by Crippen LogP contribution is -2.59. The Morgan fingerprint density at radius 1 is 1.15 bits per heavy atom. The van der Waals surface area contributed by atoms with Gasteiger partial charge in [-0.1, -0.05) is 12.2 Å². The maximum atomic E-state index is 14.4. The molecule has 9 nitrogen and oxygen atoms in total. The van der Waals surface area contributed by atoms with Crippen molar-refractivity contribution in [3.63, 3.8) is 0 Å². The highest BCUT2D eigenvalue weighted by molar-refractivity contribution is 6.03. The molecule has 3 heterocycles. The van der Waals surface area contributed by atoms with E-state index in [4.69, 9.17) is 9.47 Å². The molecule has 0 radical (unpaired) electrons. The summed E-state index contributed by atoms with van der Waals surface area (Å²) in [5.74, 6) is -1.79. The van der Waals surface area contributed by atoms with Crippen molar-refractivity contribution in [1.29, 1.82) is 0 Å². The van der Waals surface area contributed by atoms with E-state index in [1.807, 2.05) is 52.0 Å². The van der Waals surface area contributed by atoms with Gasteiger partial charge in [0.1, 0.15) is 17.4 Å². The molecule has 6 atom stereocenters. The number of carbonyl (C=O) groups is 3. The number of amides is 3. The average Bonchev–Trinajstić information content (AvgIpc) is 3.50. The van der Waals surface area contributed by atoms with Crippen LogP contribution in [0.1, 0.15) is 47.5 Å². The maximum Gasteiger partial charge on any atom is 0.248 e. The fourth-order valence-corrected chi connectivity index (χ4v) is 6.94. The number of aliphatic hydroxyl groups excluding tert-OH is 1. The van der Waals surface area contributed by atoms with Crippen molar-refractivity contribution in [3.05, 3.63) is 49.6 Å². The van der Waals surface area contributed by atoms with Crippen LogP contribution in [0.4, 0.5) is 5.69 Å². The fourth-order valence-electron chi connectivity index (χ4n) is 6.94. The molecule has 9 heteroatoms. The molecule has 2 unspecified atom stereocenters. The van der Waals surface area contributed by atoms with Crippen LogP contribution in [-0.4, -0.2) is 88.3 Å². The largest absolute Gasteiger partial charge is 0.494 e. The van der Waals surface area contributed by atoms with Crippen LogP contribution in [0.2, 0.25) is 0 Å². The SMILES string of the molecule is C=CCN(C(=O)[C@H]1[C@H]2C(=O)N([C@H](C)CO)C(C(=O)N(CC=C)C(C)C)C23CC[C@]1(C)O3)c1ccc(OCC)cc1. The molecule has 4 rings (SSSR count). The Kier molecular flexibility index (Phi) is 8.47. The first-order chi connectivity index (χ1) is 19.0. The molecule has 218 valence electrons. The molecule has 1 aromatic rings. The van der Waals surface area contributed by atoms with Crippen LogP contribution in [0.5, 0.6) is 5.75 Å². The summed E-state index contributed by atoms with van der Waals surface area (Å²) in [5, 5.41) is 10.1. The second kappa shape index (κ2) is 11.4. The molecule has 2 bridgehead atoms. The standard InChI is InChI=1S/C31H43N3O6/c1-8-17-32(20(4)5)29(38)26-31-16-15-30(7,40-31)24(25(31)28(37)34(26)21(6)19-35)27(36)33(18-9-2)22-11-13-23(14-12-22)39-10-3/h8-9,11-14,20-21,24-26,35H,1-2,10,15-19H2,3-7H3/t21-,24-,25+,26?,30+,31?/m1/s1. The smallest absolute Gasteiger partial charge is 0.248 e. The number of rotatable bonds is 12. The van der Waals surface area contributed by atoms with Gasteiger partial charge in [0.2, 0.25) is 17.7 Å². The third-order valence-corrected chi connectivity index (χ3v) is 8.72. The van der Waals surface area contributed by atoms with Crippen LogP contribution in [0, 0.1) is 11.8 Å². The molecule has 3 aliphatic heterocycles. The number of likely N-dealkylation sites (tertiary alicyclic amines) is 1. The second-order valence-electron chi connectivity index (χ2n) is 11.5. The Morgan fingerprint density at radius 3 is 2.35 bits per heavy atom. The van der Waals surface area contributed by atoms with E-state index in [9.17, 15) is 19.5 Å². The van der Waals surface area contributed by atoms with Crippen molar-refractivity contribution in [2.75, 3.05) is 31.2 Å². The lowest BCUT2D eigenvalue weighted by Gasteiger charge is -2.39. The summed E-state index contributed by atoms with van der Waals surface area (Å²) in [6.45, 7) is 17.8. The zero-order chi connectivity index (χ0) is 29.4. The molecule has 3 fully saturated rings. The van der Waals surface area contributed by atoms with E-state index < -0.39 is 35.1 Å². The number of ether oxygens (including phenoxy) is 2. The summed E-state index contributed by atoms with van der Waals surface area (Å²) in [4.78, 5) is 47.7. The van der Waals surface area contributed by atoms with Gasteiger partial charge in [-0.15, -0.1) is 13.2 Å². The summed E-state index contributed by atoms with van der Waals surface area (Å²) in [5.41, 5.74) is -1.43. The Balaban J connectivity index is 1.78. The molecular formula is C31H43N3O6. The molecule has 0 aromatic heterocycles. The van der Waals surface area contributed by atoms with E-state index >= 15 is 0 Å². The van der Waals surface area contributed by atoms with Crippen LogP contribution in [-0.2, 0) is 19.1 Å². The normalized spacial score (nSPS) is 29.3. The number of nitrogens with zero attached hydrogens (tertiary/aromatic N) is 3. The molecule has 3 saturated heterocycles. The number of benzene rings is 1. The number of anilines is 1. The number of fused-ring (bicyclic) bond motifs is 1. The Hall–Kier alpha value is -3.17. The van der Waals surface area contributed by atoms with Gasteiger partial charge in [0.05, 0.1) is 36.7 Å². The van der Waals surface area contributed by atoms with Crippen LogP contribution in [0.25, 0.3) is 0 Å². The number of hydrogen-bond acceptors (Lipinski definition) is 6. The van der Waals surface area contributed by atoms with Gasteiger partial charge >= 0.3 is 0 Å². The van der Waals surface area contributed by atoms with Gasteiger partial charge in [-0.05, 0) is 71.7 Å². The van der Waals surface area contributed by atoms with Crippen LogP contribution >= 0.6 is 0 Å². The first kappa shape index (κ1) is 29.8. The van der Waals surface area contributed by atoms with Crippen molar-refractivity contribution >= 4 is 23.4 Å². The van der Waals surface area contributed by atoms with Crippen molar-refractivity contribution < 1.29 is 29.0 Å². The maximum absolute atomic E-state index is 14.4. The third-order valence-electron chi connectivity index (χ3n) is 8.72. The minimum absolute atomic E-state index is 0.142. The van der Waals surface area contributed by atoms with E-state index in [-0.39, 0.29) is 36.9 Å². The minimum atomic E-state index is -1.17. The lowest BCUT2D eigenvalue weighted by molar-refractivity contribution is -0.155. The summed E-state index contributed by atoms with van der Waals surface area (Å²) >= 11 is 0. The van der Waals surface area contributed by atoms with E-state index in [0.717, 1.165) is 0 Å². The van der Waals surface area contributed by atoms with Gasteiger partial charge in [-0.2, -0.15) is 0 Å². The molecule has 1 spiro atoms. The van der Waals surface area contributed by atoms with Crippen molar-refractivity contribution in [2.45, 2.75) is 76.8 Å². The predicted molar refractivity (Wildman–Crippen MR) is 153 cm³/mol. The highest BCUT2D eigenvalue weighted by Gasteiger charge is 2.78. The minimum Gasteiger partial charge on any atom is -0.494 e. The van der Waals surface area contributed by atoms with Crippen LogP contribution in [0.15, 0.2) is 49.6 Å². The second-order valence-corrected chi connectivity index (χ2v) is 11.5. The molecule has 3 aliphatic rings. The third kappa shape index (κ3) is 4.63. The van der Waals surface area contributed by atoms with Crippen molar-refractivity contribution in [1.82, 2.24) is 9.80 Å². The van der Waals surface area contributed by atoms with Crippen LogP contribution in [0.3, 0.4) is 0 Å². The monoisotopic (exact) mass is 553 g/mol. The Labute approximate surface area is 237 Å². The van der Waals surface area contributed by atoms with Crippen molar-refractivity contribution in [3.8, 4) is 5.75 Å². The van der Waals surface area contributed by atoms with Gasteiger partial charge < -0.3 is 29.3 Å². The van der Waals surface area contributed by atoms with E-state index in [2.05, 4.69) is 13.2 Å². The molecule has 1 N–H and O–H groups in total. The summed E-state index contributed by atoms with van der Waals surface area (Å²) in [6.07, 6.45) is 4.32. The first-order valence-corrected chi connectivity index (χ1v) is 14.2. The number of hydrogen-bond donors (Lipinski definition) is 1. The van der Waals surface area contributed by atoms with Crippen LogP contribution < -0.4 is 9.64 Å². The average molecular weight is 554 g/mol. The van der Waals surface area contributed by atoms with Gasteiger partial charge in [0.15, 0.2) is 0 Å². The van der Waals surface area contributed by atoms with Crippen molar-refractivity contribution in [2.24, 2.45) is 11.8 Å². The summed E-state index contributed by atoms with van der Waals surface area (Å²) in [6, 6.07) is 5.53. The quantitative estimate of drug-likeness (QED) is 0.399. The zero-order valence-electron chi connectivity index (χ0n) is 24.3. The molecular weight excluding hydrogens is 510 g/mol. The van der Waals surface area contributed by atoms with E-state index in [1.54, 1.807) is 28.9 Å². The van der Waals surface area contributed by atoms with Gasteiger partial charge in [0.25, 0.3) is 0 Å². The van der Waals surface area contributed by atoms with Gasteiger partial charge in [0, 0.05) is 24.8 Å². The van der Waals surface area contributed by atoms with E-state index in [0.29, 0.717) is 37.4 Å². The molecule has 3 amide bonds. The van der Waals surface area contributed by atoms with Gasteiger partial charge in [-0.25, -0.2) is 0 Å². The number of aliphatic hydroxyl groups is 1. The lowest BCUT2D eigenvalue weighted by atomic mass is 9.66.